The normalized spacial score (nSPS) is 16.5. The van der Waals surface area contributed by atoms with Crippen molar-refractivity contribution in [3.63, 3.8) is 0 Å². The van der Waals surface area contributed by atoms with Crippen molar-refractivity contribution in [2.45, 2.75) is 32.2 Å². The number of likely N-dealkylation sites (tertiary alicyclic amines) is 1. The zero-order valence-corrected chi connectivity index (χ0v) is 17.2. The van der Waals surface area contributed by atoms with Crippen molar-refractivity contribution in [2.75, 3.05) is 26.7 Å². The summed E-state index contributed by atoms with van der Waals surface area (Å²) in [6, 6.07) is 17.9. The minimum Gasteiger partial charge on any atom is -0.497 e. The molecular weight excluding hydrogens is 360 g/mol. The Labute approximate surface area is 174 Å². The first-order valence-corrected chi connectivity index (χ1v) is 10.4. The van der Waals surface area contributed by atoms with Gasteiger partial charge in [-0.15, -0.1) is 0 Å². The third-order valence-electron chi connectivity index (χ3n) is 5.32. The monoisotopic (exact) mass is 390 g/mol. The standard InChI is InChI=1S/C25H30N2O2/c1-29-24-13-5-10-23(18-24)19-26-25(28)15-14-22-12-7-17-27(20-22)16-6-11-21-8-3-2-4-9-21/h2-5,8-10,13,18,22H,7,12,14-17,19-20H2,1H3,(H,26,28)/t22-/m1/s1. The average molecular weight is 391 g/mol. The van der Waals surface area contributed by atoms with E-state index in [1.54, 1.807) is 7.11 Å². The SMILES string of the molecule is COc1cccc(CNC(=O)CC[C@H]2CCCN(CC#Cc3ccccc3)C2)c1. The summed E-state index contributed by atoms with van der Waals surface area (Å²) in [6.07, 6.45) is 3.90. The lowest BCUT2D eigenvalue weighted by Gasteiger charge is -2.31. The summed E-state index contributed by atoms with van der Waals surface area (Å²) in [5.74, 6) is 8.03. The highest BCUT2D eigenvalue weighted by molar-refractivity contribution is 5.75. The second kappa shape index (κ2) is 11.3. The van der Waals surface area contributed by atoms with Crippen LogP contribution in [0.4, 0.5) is 0 Å². The second-order valence-corrected chi connectivity index (χ2v) is 7.58. The van der Waals surface area contributed by atoms with Crippen LogP contribution in [0.2, 0.25) is 0 Å². The Bertz CT molecular complexity index is 839. The summed E-state index contributed by atoms with van der Waals surface area (Å²) in [5.41, 5.74) is 2.12. The molecule has 0 spiro atoms. The maximum atomic E-state index is 12.2. The summed E-state index contributed by atoms with van der Waals surface area (Å²) in [5, 5.41) is 3.02. The number of methoxy groups -OCH3 is 1. The fourth-order valence-corrected chi connectivity index (χ4v) is 3.71. The van der Waals surface area contributed by atoms with Crippen molar-refractivity contribution < 1.29 is 9.53 Å². The van der Waals surface area contributed by atoms with Crippen LogP contribution in [0, 0.1) is 17.8 Å². The van der Waals surface area contributed by atoms with E-state index in [0.29, 0.717) is 18.9 Å². The molecule has 1 aliphatic heterocycles. The van der Waals surface area contributed by atoms with Gasteiger partial charge in [0, 0.05) is 25.1 Å². The molecule has 4 nitrogen and oxygen atoms in total. The van der Waals surface area contributed by atoms with Gasteiger partial charge in [0.05, 0.1) is 13.7 Å². The number of carbonyl (C=O) groups is 1. The first-order chi connectivity index (χ1) is 14.2. The van der Waals surface area contributed by atoms with E-state index in [9.17, 15) is 4.79 Å². The molecule has 4 heteroatoms. The first-order valence-electron chi connectivity index (χ1n) is 10.4. The van der Waals surface area contributed by atoms with E-state index < -0.39 is 0 Å². The number of hydrogen-bond acceptors (Lipinski definition) is 3. The molecule has 2 aromatic rings. The number of ether oxygens (including phenoxy) is 1. The molecule has 0 bridgehead atoms. The van der Waals surface area contributed by atoms with Crippen molar-refractivity contribution >= 4 is 5.91 Å². The number of nitrogens with one attached hydrogen (secondary N) is 1. The van der Waals surface area contributed by atoms with E-state index in [1.807, 2.05) is 54.6 Å². The van der Waals surface area contributed by atoms with Crippen LogP contribution in [0.3, 0.4) is 0 Å². The molecule has 1 fully saturated rings. The Balaban J connectivity index is 1.37. The van der Waals surface area contributed by atoms with Crippen LogP contribution in [-0.4, -0.2) is 37.6 Å². The zero-order valence-electron chi connectivity index (χ0n) is 17.2. The van der Waals surface area contributed by atoms with E-state index in [0.717, 1.165) is 42.9 Å². The van der Waals surface area contributed by atoms with Gasteiger partial charge in [0.2, 0.25) is 5.91 Å². The highest BCUT2D eigenvalue weighted by Crippen LogP contribution is 2.20. The number of nitrogens with zero attached hydrogens (tertiary/aromatic N) is 1. The summed E-state index contributed by atoms with van der Waals surface area (Å²) in [4.78, 5) is 14.7. The van der Waals surface area contributed by atoms with Gasteiger partial charge in [-0.05, 0) is 61.6 Å². The average Bonchev–Trinajstić information content (AvgIpc) is 2.77. The Kier molecular flexibility index (Phi) is 8.15. The van der Waals surface area contributed by atoms with Crippen LogP contribution < -0.4 is 10.1 Å². The molecule has 1 heterocycles. The van der Waals surface area contributed by atoms with Gasteiger partial charge in [-0.3, -0.25) is 9.69 Å². The fourth-order valence-electron chi connectivity index (χ4n) is 3.71. The van der Waals surface area contributed by atoms with Gasteiger partial charge in [-0.25, -0.2) is 0 Å². The van der Waals surface area contributed by atoms with E-state index >= 15 is 0 Å². The molecule has 0 saturated carbocycles. The quantitative estimate of drug-likeness (QED) is 0.730. The van der Waals surface area contributed by atoms with Crippen molar-refractivity contribution in [1.82, 2.24) is 10.2 Å². The Morgan fingerprint density at radius 1 is 1.21 bits per heavy atom. The van der Waals surface area contributed by atoms with Gasteiger partial charge in [-0.1, -0.05) is 42.2 Å². The molecular formula is C25H30N2O2. The molecule has 1 amide bonds. The van der Waals surface area contributed by atoms with E-state index in [-0.39, 0.29) is 5.91 Å². The molecule has 29 heavy (non-hydrogen) atoms. The van der Waals surface area contributed by atoms with Crippen LogP contribution in [0.15, 0.2) is 54.6 Å². The van der Waals surface area contributed by atoms with Gasteiger partial charge in [-0.2, -0.15) is 0 Å². The third-order valence-corrected chi connectivity index (χ3v) is 5.32. The largest absolute Gasteiger partial charge is 0.497 e. The van der Waals surface area contributed by atoms with Crippen molar-refractivity contribution in [3.05, 3.63) is 65.7 Å². The molecule has 3 rings (SSSR count). The lowest BCUT2D eigenvalue weighted by Crippen LogP contribution is -2.36. The van der Waals surface area contributed by atoms with Crippen LogP contribution in [-0.2, 0) is 11.3 Å². The predicted molar refractivity (Wildman–Crippen MR) is 117 cm³/mol. The minimum absolute atomic E-state index is 0.119. The van der Waals surface area contributed by atoms with E-state index in [1.165, 1.54) is 12.8 Å². The molecule has 0 radical (unpaired) electrons. The van der Waals surface area contributed by atoms with Gasteiger partial charge in [0.1, 0.15) is 5.75 Å². The lowest BCUT2D eigenvalue weighted by molar-refractivity contribution is -0.121. The maximum absolute atomic E-state index is 12.2. The van der Waals surface area contributed by atoms with Crippen LogP contribution in [0.25, 0.3) is 0 Å². The molecule has 0 aromatic heterocycles. The first kappa shape index (κ1) is 21.0. The topological polar surface area (TPSA) is 41.6 Å². The van der Waals surface area contributed by atoms with Crippen molar-refractivity contribution in [2.24, 2.45) is 5.92 Å². The highest BCUT2D eigenvalue weighted by Gasteiger charge is 2.19. The van der Waals surface area contributed by atoms with Crippen LogP contribution >= 0.6 is 0 Å². The molecule has 1 saturated heterocycles. The van der Waals surface area contributed by atoms with Crippen molar-refractivity contribution in [3.8, 4) is 17.6 Å². The van der Waals surface area contributed by atoms with E-state index in [4.69, 9.17) is 4.74 Å². The van der Waals surface area contributed by atoms with Crippen LogP contribution in [0.1, 0.15) is 36.8 Å². The molecule has 1 aliphatic rings. The van der Waals surface area contributed by atoms with Gasteiger partial charge >= 0.3 is 0 Å². The highest BCUT2D eigenvalue weighted by atomic mass is 16.5. The smallest absolute Gasteiger partial charge is 0.220 e. The van der Waals surface area contributed by atoms with Crippen molar-refractivity contribution in [1.29, 1.82) is 0 Å². The number of hydrogen-bond donors (Lipinski definition) is 1. The fraction of sp³-hybridized carbons (Fsp3) is 0.400. The number of benzene rings is 2. The predicted octanol–water partition coefficient (Wildman–Crippen LogP) is 3.86. The molecule has 1 atom stereocenters. The Hall–Kier alpha value is -2.77. The Morgan fingerprint density at radius 2 is 2.07 bits per heavy atom. The Morgan fingerprint density at radius 3 is 2.90 bits per heavy atom. The summed E-state index contributed by atoms with van der Waals surface area (Å²) >= 11 is 0. The molecule has 0 unspecified atom stereocenters. The zero-order chi connectivity index (χ0) is 20.3. The summed E-state index contributed by atoms with van der Waals surface area (Å²) in [7, 11) is 1.65. The maximum Gasteiger partial charge on any atom is 0.220 e. The van der Waals surface area contributed by atoms with Gasteiger partial charge in [0.25, 0.3) is 0 Å². The number of piperidine rings is 1. The minimum atomic E-state index is 0.119. The summed E-state index contributed by atoms with van der Waals surface area (Å²) in [6.45, 7) is 3.48. The molecule has 1 N–H and O–H groups in total. The molecule has 152 valence electrons. The second-order valence-electron chi connectivity index (χ2n) is 7.58. The third kappa shape index (κ3) is 7.29. The van der Waals surface area contributed by atoms with Crippen LogP contribution in [0.5, 0.6) is 5.75 Å². The molecule has 2 aromatic carbocycles. The van der Waals surface area contributed by atoms with Gasteiger partial charge in [0.15, 0.2) is 0 Å². The van der Waals surface area contributed by atoms with E-state index in [2.05, 4.69) is 22.1 Å². The lowest BCUT2D eigenvalue weighted by atomic mass is 9.93. The number of amides is 1. The van der Waals surface area contributed by atoms with Gasteiger partial charge < -0.3 is 10.1 Å². The molecule has 0 aliphatic carbocycles. The summed E-state index contributed by atoms with van der Waals surface area (Å²) < 4.78 is 5.22. The number of carbonyl (C=O) groups excluding carboxylic acids is 1. The number of rotatable bonds is 7.